The third-order valence-electron chi connectivity index (χ3n) is 6.16. The molecule has 11 nitrogen and oxygen atoms in total. The SMILES string of the molecule is CC(C)(C)OP(=O)(O[C@@H]1[C@@H]2O[Si](C(C)(C)C)(C(C)(C)C)OC[C@H]2O[C@H]1n1ccc(=O)[nH]c1=O)OC(C)(C)C. The average molecular weight is 577 g/mol. The normalized spacial score (nSPS) is 26.8. The number of fused-ring (bicyclic) bond motifs is 1. The first-order valence-corrected chi connectivity index (χ1v) is 16.2. The predicted molar refractivity (Wildman–Crippen MR) is 145 cm³/mol. The molecule has 0 unspecified atom stereocenters. The number of ether oxygens (including phenoxy) is 1. The van der Waals surface area contributed by atoms with E-state index in [2.05, 4.69) is 46.5 Å². The van der Waals surface area contributed by atoms with Gasteiger partial charge in [0.15, 0.2) is 6.23 Å². The van der Waals surface area contributed by atoms with E-state index in [4.69, 9.17) is 27.2 Å². The van der Waals surface area contributed by atoms with Crippen LogP contribution in [0.3, 0.4) is 0 Å². The average Bonchev–Trinajstić information content (AvgIpc) is 2.99. The van der Waals surface area contributed by atoms with E-state index in [1.54, 1.807) is 41.5 Å². The summed E-state index contributed by atoms with van der Waals surface area (Å²) in [4.78, 5) is 26.8. The Balaban J connectivity index is 2.15. The van der Waals surface area contributed by atoms with Crippen LogP contribution in [-0.4, -0.2) is 54.2 Å². The first kappa shape index (κ1) is 31.4. The van der Waals surface area contributed by atoms with Crippen LogP contribution in [0.2, 0.25) is 10.1 Å². The molecular formula is C25H45N2O9PSi. The lowest BCUT2D eigenvalue weighted by atomic mass is 10.1. The minimum Gasteiger partial charge on any atom is -0.391 e. The van der Waals surface area contributed by atoms with Crippen LogP contribution >= 0.6 is 7.82 Å². The maximum absolute atomic E-state index is 14.2. The Bertz CT molecular complexity index is 1140. The first-order valence-electron chi connectivity index (χ1n) is 13.0. The topological polar surface area (TPSA) is 127 Å². The molecule has 1 N–H and O–H groups in total. The molecule has 0 bridgehead atoms. The third-order valence-corrected chi connectivity index (χ3v) is 13.3. The fraction of sp³-hybridized carbons (Fsp3) is 0.840. The van der Waals surface area contributed by atoms with E-state index in [0.717, 1.165) is 0 Å². The minimum atomic E-state index is -4.25. The molecule has 0 radical (unpaired) electrons. The van der Waals surface area contributed by atoms with Gasteiger partial charge in [0.2, 0.25) is 0 Å². The van der Waals surface area contributed by atoms with Crippen molar-refractivity contribution >= 4 is 16.4 Å². The van der Waals surface area contributed by atoms with Gasteiger partial charge in [-0.25, -0.2) is 9.36 Å². The van der Waals surface area contributed by atoms with Crippen LogP contribution in [0, 0.1) is 0 Å². The summed E-state index contributed by atoms with van der Waals surface area (Å²) in [5, 5.41) is -0.692. The molecule has 2 aliphatic heterocycles. The van der Waals surface area contributed by atoms with Gasteiger partial charge in [0.25, 0.3) is 5.56 Å². The molecule has 2 aliphatic rings. The minimum absolute atomic E-state index is 0.199. The van der Waals surface area contributed by atoms with Crippen LogP contribution in [-0.2, 0) is 31.7 Å². The molecule has 0 saturated carbocycles. The molecule has 1 aromatic heterocycles. The summed E-state index contributed by atoms with van der Waals surface area (Å²) in [6, 6.07) is 1.21. The lowest BCUT2D eigenvalue weighted by Gasteiger charge is -2.53. The van der Waals surface area contributed by atoms with Crippen LogP contribution in [0.25, 0.3) is 0 Å². The van der Waals surface area contributed by atoms with Gasteiger partial charge in [-0.05, 0) is 41.5 Å². The van der Waals surface area contributed by atoms with E-state index in [-0.39, 0.29) is 16.7 Å². The van der Waals surface area contributed by atoms with Gasteiger partial charge in [0.1, 0.15) is 18.3 Å². The number of H-pyrrole nitrogens is 1. The van der Waals surface area contributed by atoms with Crippen molar-refractivity contribution in [1.29, 1.82) is 0 Å². The maximum atomic E-state index is 14.2. The molecule has 3 heterocycles. The summed E-state index contributed by atoms with van der Waals surface area (Å²) in [5.74, 6) is 0. The Morgan fingerprint density at radius 1 is 0.947 bits per heavy atom. The number of phosphoric ester groups is 1. The summed E-state index contributed by atoms with van der Waals surface area (Å²) < 4.78 is 53.2. The largest absolute Gasteiger partial charge is 0.476 e. The highest BCUT2D eigenvalue weighted by molar-refractivity contribution is 7.48. The number of aromatic nitrogens is 2. The zero-order chi connectivity index (χ0) is 29.1. The molecule has 1 aromatic rings. The number of rotatable bonds is 5. The molecule has 0 spiro atoms. The van der Waals surface area contributed by atoms with Crippen LogP contribution in [0.15, 0.2) is 21.9 Å². The zero-order valence-corrected chi connectivity index (χ0v) is 26.6. The molecule has 0 aromatic carbocycles. The summed E-state index contributed by atoms with van der Waals surface area (Å²) in [7, 11) is -7.27. The number of hydrogen-bond donors (Lipinski definition) is 1. The second-order valence-electron chi connectivity index (χ2n) is 14.0. The smallest absolute Gasteiger partial charge is 0.391 e. The summed E-state index contributed by atoms with van der Waals surface area (Å²) in [6.45, 7) is 23.1. The van der Waals surface area contributed by atoms with E-state index in [1.165, 1.54) is 16.8 Å². The molecule has 13 heteroatoms. The molecule has 38 heavy (non-hydrogen) atoms. The lowest BCUT2D eigenvalue weighted by molar-refractivity contribution is -0.0809. The fourth-order valence-electron chi connectivity index (χ4n) is 5.17. The lowest BCUT2D eigenvalue weighted by Crippen LogP contribution is -2.65. The van der Waals surface area contributed by atoms with Crippen molar-refractivity contribution in [3.05, 3.63) is 33.1 Å². The highest BCUT2D eigenvalue weighted by atomic mass is 31.2. The van der Waals surface area contributed by atoms with E-state index in [0.29, 0.717) is 0 Å². The third kappa shape index (κ3) is 6.60. The summed E-state index contributed by atoms with van der Waals surface area (Å²) in [6.07, 6.45) is -2.24. The van der Waals surface area contributed by atoms with Crippen molar-refractivity contribution in [3.63, 3.8) is 0 Å². The number of nitrogens with one attached hydrogen (secondary N) is 1. The summed E-state index contributed by atoms with van der Waals surface area (Å²) in [5.41, 5.74) is -3.01. The van der Waals surface area contributed by atoms with E-state index >= 15 is 0 Å². The quantitative estimate of drug-likeness (QED) is 0.380. The van der Waals surface area contributed by atoms with Crippen molar-refractivity contribution in [2.45, 2.75) is 129 Å². The molecule has 4 atom stereocenters. The van der Waals surface area contributed by atoms with E-state index < -0.39 is 63.4 Å². The van der Waals surface area contributed by atoms with Crippen molar-refractivity contribution in [3.8, 4) is 0 Å². The Kier molecular flexibility index (Phi) is 8.32. The second-order valence-corrected chi connectivity index (χ2v) is 20.2. The van der Waals surface area contributed by atoms with Crippen molar-refractivity contribution in [1.82, 2.24) is 9.55 Å². The Labute approximate surface area is 226 Å². The monoisotopic (exact) mass is 576 g/mol. The number of hydrogen-bond acceptors (Lipinski definition) is 9. The van der Waals surface area contributed by atoms with Crippen LogP contribution in [0.1, 0.15) is 89.3 Å². The maximum Gasteiger partial charge on any atom is 0.476 e. The highest BCUT2D eigenvalue weighted by Gasteiger charge is 2.66. The molecular weight excluding hydrogens is 531 g/mol. The van der Waals surface area contributed by atoms with Gasteiger partial charge in [0, 0.05) is 22.3 Å². The van der Waals surface area contributed by atoms with Gasteiger partial charge in [-0.1, -0.05) is 41.5 Å². The van der Waals surface area contributed by atoms with Crippen molar-refractivity contribution in [2.75, 3.05) is 6.61 Å². The Hall–Kier alpha value is -1.11. The molecule has 218 valence electrons. The molecule has 0 amide bonds. The van der Waals surface area contributed by atoms with E-state index in [1.807, 2.05) is 0 Å². The second kappa shape index (κ2) is 10.1. The van der Waals surface area contributed by atoms with Crippen molar-refractivity contribution < 1.29 is 31.7 Å². The van der Waals surface area contributed by atoms with Gasteiger partial charge in [-0.15, -0.1) is 0 Å². The first-order chi connectivity index (χ1) is 17.0. The number of phosphoric acid groups is 1. The zero-order valence-electron chi connectivity index (χ0n) is 24.7. The highest BCUT2D eigenvalue weighted by Crippen LogP contribution is 2.61. The van der Waals surface area contributed by atoms with Gasteiger partial charge in [0.05, 0.1) is 17.8 Å². The van der Waals surface area contributed by atoms with Crippen molar-refractivity contribution in [2.24, 2.45) is 0 Å². The van der Waals surface area contributed by atoms with Crippen LogP contribution < -0.4 is 11.2 Å². The standard InChI is InChI=1S/C25H45N2O9PSi/c1-22(2,3)35-37(30,36-23(4,5)6)33-19-18-16(32-20(19)27-14-13-17(28)26-21(27)29)15-31-38(34-18,24(7,8)9)25(10,11)12/h13-14,16,18-20H,15H2,1-12H3,(H,26,28,29)/t16-,18-,19-,20-/m1/s1. The van der Waals surface area contributed by atoms with Gasteiger partial charge in [-0.2, -0.15) is 0 Å². The van der Waals surface area contributed by atoms with Gasteiger partial charge in [-0.3, -0.25) is 27.9 Å². The van der Waals surface area contributed by atoms with Gasteiger partial charge >= 0.3 is 22.1 Å². The molecule has 0 aliphatic carbocycles. The van der Waals surface area contributed by atoms with E-state index in [9.17, 15) is 14.2 Å². The molecule has 2 fully saturated rings. The molecule has 3 rings (SSSR count). The van der Waals surface area contributed by atoms with Crippen LogP contribution in [0.5, 0.6) is 0 Å². The summed E-state index contributed by atoms with van der Waals surface area (Å²) >= 11 is 0. The number of nitrogens with zero attached hydrogens (tertiary/aromatic N) is 1. The fourth-order valence-corrected chi connectivity index (χ4v) is 12.1. The predicted octanol–water partition coefficient (Wildman–Crippen LogP) is 5.02. The van der Waals surface area contributed by atoms with Crippen LogP contribution in [0.4, 0.5) is 0 Å². The Morgan fingerprint density at radius 2 is 1.47 bits per heavy atom. The number of aromatic amines is 1. The molecule has 2 saturated heterocycles. The van der Waals surface area contributed by atoms with Gasteiger partial charge < -0.3 is 13.6 Å². The Morgan fingerprint density at radius 3 is 1.92 bits per heavy atom.